The number of hydrogen-bond acceptors (Lipinski definition) is 4. The standard InChI is InChI=1S/C6H12N4O/c1-2-10-4-8-9-6(10)5(7)3-11/h4-5,11H,2-3,7H2,1H3. The molecule has 0 amide bonds. The van der Waals surface area contributed by atoms with Crippen molar-refractivity contribution in [3.8, 4) is 0 Å². The Hall–Kier alpha value is -0.940. The van der Waals surface area contributed by atoms with Crippen molar-refractivity contribution in [2.24, 2.45) is 5.73 Å². The van der Waals surface area contributed by atoms with Crippen molar-refractivity contribution in [3.05, 3.63) is 12.2 Å². The first kappa shape index (κ1) is 8.16. The van der Waals surface area contributed by atoms with Crippen molar-refractivity contribution in [2.45, 2.75) is 19.5 Å². The smallest absolute Gasteiger partial charge is 0.152 e. The first-order chi connectivity index (χ1) is 5.29. The second-order valence-electron chi connectivity index (χ2n) is 2.26. The van der Waals surface area contributed by atoms with Crippen LogP contribution in [0.15, 0.2) is 6.33 Å². The van der Waals surface area contributed by atoms with Gasteiger partial charge in [0.2, 0.25) is 0 Å². The van der Waals surface area contributed by atoms with Gasteiger partial charge in [-0.15, -0.1) is 10.2 Å². The van der Waals surface area contributed by atoms with Crippen LogP contribution < -0.4 is 5.73 Å². The third kappa shape index (κ3) is 1.55. The predicted molar refractivity (Wildman–Crippen MR) is 39.7 cm³/mol. The van der Waals surface area contributed by atoms with E-state index in [1.165, 1.54) is 0 Å². The molecule has 11 heavy (non-hydrogen) atoms. The molecule has 0 aliphatic carbocycles. The van der Waals surface area contributed by atoms with Crippen molar-refractivity contribution >= 4 is 0 Å². The van der Waals surface area contributed by atoms with Gasteiger partial charge in [0.25, 0.3) is 0 Å². The van der Waals surface area contributed by atoms with Gasteiger partial charge in [0.05, 0.1) is 12.6 Å². The lowest BCUT2D eigenvalue weighted by molar-refractivity contribution is 0.260. The zero-order valence-electron chi connectivity index (χ0n) is 6.44. The molecule has 1 rings (SSSR count). The maximum Gasteiger partial charge on any atom is 0.152 e. The molecule has 62 valence electrons. The highest BCUT2D eigenvalue weighted by Crippen LogP contribution is 2.04. The Labute approximate surface area is 64.9 Å². The van der Waals surface area contributed by atoms with Crippen LogP contribution in [0.5, 0.6) is 0 Å². The van der Waals surface area contributed by atoms with Crippen molar-refractivity contribution in [1.29, 1.82) is 0 Å². The first-order valence-electron chi connectivity index (χ1n) is 3.53. The normalized spacial score (nSPS) is 13.4. The molecule has 1 aromatic rings. The number of nitrogens with two attached hydrogens (primary N) is 1. The van der Waals surface area contributed by atoms with Gasteiger partial charge < -0.3 is 15.4 Å². The number of aryl methyl sites for hydroxylation is 1. The van der Waals surface area contributed by atoms with Crippen LogP contribution in [0, 0.1) is 0 Å². The molecule has 0 radical (unpaired) electrons. The molecular formula is C6H12N4O. The molecule has 0 fully saturated rings. The van der Waals surface area contributed by atoms with Crippen molar-refractivity contribution in [2.75, 3.05) is 6.61 Å². The highest BCUT2D eigenvalue weighted by molar-refractivity contribution is 4.92. The fourth-order valence-electron chi connectivity index (χ4n) is 0.876. The molecule has 0 aromatic carbocycles. The number of hydrogen-bond donors (Lipinski definition) is 2. The van der Waals surface area contributed by atoms with Crippen molar-refractivity contribution in [3.63, 3.8) is 0 Å². The van der Waals surface area contributed by atoms with Crippen LogP contribution in [0.2, 0.25) is 0 Å². The molecule has 0 saturated carbocycles. The van der Waals surface area contributed by atoms with Gasteiger partial charge in [0, 0.05) is 6.54 Å². The summed E-state index contributed by atoms with van der Waals surface area (Å²) in [6.07, 6.45) is 1.60. The van der Waals surface area contributed by atoms with E-state index in [1.807, 2.05) is 6.92 Å². The van der Waals surface area contributed by atoms with Crippen LogP contribution in [-0.2, 0) is 6.54 Å². The van der Waals surface area contributed by atoms with E-state index >= 15 is 0 Å². The average molecular weight is 156 g/mol. The molecule has 3 N–H and O–H groups in total. The van der Waals surface area contributed by atoms with Crippen LogP contribution in [0.3, 0.4) is 0 Å². The molecule has 0 aliphatic rings. The van der Waals surface area contributed by atoms with Crippen LogP contribution in [-0.4, -0.2) is 26.5 Å². The fraction of sp³-hybridized carbons (Fsp3) is 0.667. The lowest BCUT2D eigenvalue weighted by atomic mass is 10.3. The summed E-state index contributed by atoms with van der Waals surface area (Å²) in [7, 11) is 0. The average Bonchev–Trinajstić information content (AvgIpc) is 2.50. The van der Waals surface area contributed by atoms with Crippen LogP contribution >= 0.6 is 0 Å². The second-order valence-corrected chi connectivity index (χ2v) is 2.26. The maximum atomic E-state index is 8.72. The molecule has 5 heteroatoms. The van der Waals surface area contributed by atoms with Gasteiger partial charge in [-0.2, -0.15) is 0 Å². The minimum absolute atomic E-state index is 0.0985. The maximum absolute atomic E-state index is 8.72. The van der Waals surface area contributed by atoms with E-state index in [2.05, 4.69) is 10.2 Å². The van der Waals surface area contributed by atoms with E-state index in [1.54, 1.807) is 10.9 Å². The lowest BCUT2D eigenvalue weighted by Crippen LogP contribution is -2.19. The van der Waals surface area contributed by atoms with Gasteiger partial charge in [0.1, 0.15) is 6.33 Å². The molecule has 5 nitrogen and oxygen atoms in total. The summed E-state index contributed by atoms with van der Waals surface area (Å²) in [5.41, 5.74) is 5.54. The number of aromatic nitrogens is 3. The summed E-state index contributed by atoms with van der Waals surface area (Å²) in [5, 5.41) is 16.2. The van der Waals surface area contributed by atoms with E-state index in [0.717, 1.165) is 6.54 Å². The number of rotatable bonds is 3. The summed E-state index contributed by atoms with van der Waals surface area (Å²) >= 11 is 0. The topological polar surface area (TPSA) is 77.0 Å². The highest BCUT2D eigenvalue weighted by Gasteiger charge is 2.10. The zero-order chi connectivity index (χ0) is 8.27. The largest absolute Gasteiger partial charge is 0.394 e. The minimum Gasteiger partial charge on any atom is -0.394 e. The molecule has 1 unspecified atom stereocenters. The third-order valence-electron chi connectivity index (χ3n) is 1.51. The summed E-state index contributed by atoms with van der Waals surface area (Å²) in [4.78, 5) is 0. The van der Waals surface area contributed by atoms with Gasteiger partial charge in [-0.25, -0.2) is 0 Å². The summed E-state index contributed by atoms with van der Waals surface area (Å²) in [6.45, 7) is 2.64. The molecule has 0 bridgehead atoms. The number of aliphatic hydroxyl groups is 1. The van der Waals surface area contributed by atoms with Gasteiger partial charge in [-0.1, -0.05) is 0 Å². The monoisotopic (exact) mass is 156 g/mol. The van der Waals surface area contributed by atoms with Crippen LogP contribution in [0.25, 0.3) is 0 Å². The zero-order valence-corrected chi connectivity index (χ0v) is 6.44. The van der Waals surface area contributed by atoms with E-state index < -0.39 is 6.04 Å². The fourth-order valence-corrected chi connectivity index (χ4v) is 0.876. The lowest BCUT2D eigenvalue weighted by Gasteiger charge is -2.07. The third-order valence-corrected chi connectivity index (χ3v) is 1.51. The second kappa shape index (κ2) is 3.45. The molecule has 1 aromatic heterocycles. The molecule has 1 atom stereocenters. The molecule has 0 spiro atoms. The Balaban J connectivity index is 2.83. The Bertz CT molecular complexity index is 222. The summed E-state index contributed by atoms with van der Waals surface area (Å²) in [5.74, 6) is 0.634. The van der Waals surface area contributed by atoms with Crippen molar-refractivity contribution in [1.82, 2.24) is 14.8 Å². The molecular weight excluding hydrogens is 144 g/mol. The van der Waals surface area contributed by atoms with Gasteiger partial charge in [-0.05, 0) is 6.92 Å². The molecule has 0 aliphatic heterocycles. The minimum atomic E-state index is -0.419. The van der Waals surface area contributed by atoms with Gasteiger partial charge in [0.15, 0.2) is 5.82 Å². The van der Waals surface area contributed by atoms with Gasteiger partial charge >= 0.3 is 0 Å². The predicted octanol–water partition coefficient (Wildman–Crippen LogP) is -0.710. The number of nitrogens with zero attached hydrogens (tertiary/aromatic N) is 3. The number of aliphatic hydroxyl groups excluding tert-OH is 1. The van der Waals surface area contributed by atoms with E-state index in [-0.39, 0.29) is 6.61 Å². The molecule has 1 heterocycles. The van der Waals surface area contributed by atoms with E-state index in [9.17, 15) is 0 Å². The van der Waals surface area contributed by atoms with E-state index in [0.29, 0.717) is 5.82 Å². The SMILES string of the molecule is CCn1cnnc1C(N)CO. The quantitative estimate of drug-likeness (QED) is 0.606. The van der Waals surface area contributed by atoms with Crippen LogP contribution in [0.4, 0.5) is 0 Å². The highest BCUT2D eigenvalue weighted by atomic mass is 16.3. The Morgan fingerprint density at radius 3 is 3.09 bits per heavy atom. The first-order valence-corrected chi connectivity index (χ1v) is 3.53. The Kier molecular flexibility index (Phi) is 2.56. The Morgan fingerprint density at radius 2 is 2.55 bits per heavy atom. The van der Waals surface area contributed by atoms with E-state index in [4.69, 9.17) is 10.8 Å². The molecule has 0 saturated heterocycles. The van der Waals surface area contributed by atoms with Gasteiger partial charge in [-0.3, -0.25) is 0 Å². The Morgan fingerprint density at radius 1 is 1.82 bits per heavy atom. The summed E-state index contributed by atoms with van der Waals surface area (Å²) < 4.78 is 1.81. The van der Waals surface area contributed by atoms with Crippen LogP contribution in [0.1, 0.15) is 18.8 Å². The van der Waals surface area contributed by atoms with Crippen molar-refractivity contribution < 1.29 is 5.11 Å². The summed E-state index contributed by atoms with van der Waals surface area (Å²) in [6, 6.07) is -0.419.